The second-order valence-corrected chi connectivity index (χ2v) is 5.54. The first kappa shape index (κ1) is 13.8. The van der Waals surface area contributed by atoms with E-state index in [1.807, 2.05) is 29.1 Å². The van der Waals surface area contributed by atoms with E-state index in [4.69, 9.17) is 0 Å². The minimum absolute atomic E-state index is 0.703. The average Bonchev–Trinajstić information content (AvgIpc) is 3.16. The number of aryl methyl sites for hydroxylation is 1. The molecule has 0 fully saturated rings. The molecule has 0 aliphatic carbocycles. The fourth-order valence-electron chi connectivity index (χ4n) is 1.99. The van der Waals surface area contributed by atoms with Crippen LogP contribution >= 0.6 is 11.8 Å². The first-order chi connectivity index (χ1) is 10.4. The van der Waals surface area contributed by atoms with Crippen molar-refractivity contribution < 1.29 is 0 Å². The predicted octanol–water partition coefficient (Wildman–Crippen LogP) is 2.77. The molecule has 0 unspecified atom stereocenters. The van der Waals surface area contributed by atoms with Gasteiger partial charge in [0, 0.05) is 6.54 Å². The molecule has 21 heavy (non-hydrogen) atoms. The van der Waals surface area contributed by atoms with Crippen LogP contribution in [0.4, 0.5) is 0 Å². The zero-order valence-corrected chi connectivity index (χ0v) is 12.5. The Morgan fingerprint density at radius 2 is 2.10 bits per heavy atom. The van der Waals surface area contributed by atoms with E-state index < -0.39 is 0 Å². The maximum atomic E-state index is 4.40. The molecule has 0 spiro atoms. The fourth-order valence-corrected chi connectivity index (χ4v) is 2.77. The van der Waals surface area contributed by atoms with E-state index in [0.29, 0.717) is 5.75 Å². The van der Waals surface area contributed by atoms with Crippen molar-refractivity contribution in [1.29, 1.82) is 0 Å². The van der Waals surface area contributed by atoms with Crippen LogP contribution < -0.4 is 0 Å². The zero-order valence-electron chi connectivity index (χ0n) is 11.7. The van der Waals surface area contributed by atoms with Crippen molar-refractivity contribution >= 4 is 11.8 Å². The maximum absolute atomic E-state index is 4.40. The molecular formula is C14H16N6S. The third-order valence-electron chi connectivity index (χ3n) is 3.02. The highest BCUT2D eigenvalue weighted by atomic mass is 32.2. The number of thioether (sulfide) groups is 1. The molecule has 0 radical (unpaired) electrons. The number of H-pyrrole nitrogens is 1. The monoisotopic (exact) mass is 300 g/mol. The van der Waals surface area contributed by atoms with Crippen LogP contribution in [0.15, 0.2) is 41.7 Å². The molecule has 1 aromatic carbocycles. The Labute approximate surface area is 127 Å². The summed E-state index contributed by atoms with van der Waals surface area (Å²) in [6.07, 6.45) is 2.87. The van der Waals surface area contributed by atoms with Gasteiger partial charge in [-0.25, -0.2) is 9.67 Å². The molecule has 0 amide bonds. The van der Waals surface area contributed by atoms with Crippen LogP contribution in [0.5, 0.6) is 0 Å². The fraction of sp³-hybridized carbons (Fsp3) is 0.286. The van der Waals surface area contributed by atoms with Gasteiger partial charge in [0.25, 0.3) is 0 Å². The normalized spacial score (nSPS) is 10.9. The minimum atomic E-state index is 0.703. The molecule has 0 atom stereocenters. The van der Waals surface area contributed by atoms with Crippen molar-refractivity contribution in [2.75, 3.05) is 0 Å². The molecule has 0 saturated carbocycles. The van der Waals surface area contributed by atoms with Crippen LogP contribution in [0.3, 0.4) is 0 Å². The van der Waals surface area contributed by atoms with Crippen LogP contribution in [-0.4, -0.2) is 30.2 Å². The molecule has 3 rings (SSSR count). The highest BCUT2D eigenvalue weighted by Gasteiger charge is 2.08. The molecule has 0 bridgehead atoms. The summed E-state index contributed by atoms with van der Waals surface area (Å²) >= 11 is 1.60. The van der Waals surface area contributed by atoms with Crippen LogP contribution in [0, 0.1) is 0 Å². The summed E-state index contributed by atoms with van der Waals surface area (Å²) in [5, 5.41) is 12.6. The number of nitrogens with zero attached hydrogens (tertiary/aromatic N) is 5. The number of tetrazole rings is 1. The average molecular weight is 300 g/mol. The van der Waals surface area contributed by atoms with Crippen LogP contribution in [0.1, 0.15) is 19.2 Å². The first-order valence-electron chi connectivity index (χ1n) is 6.85. The number of nitrogens with one attached hydrogen (secondary N) is 1. The molecule has 0 saturated heterocycles. The Kier molecular flexibility index (Phi) is 4.30. The van der Waals surface area contributed by atoms with Crippen LogP contribution in [0.25, 0.3) is 11.3 Å². The van der Waals surface area contributed by atoms with Crippen LogP contribution in [-0.2, 0) is 12.3 Å². The van der Waals surface area contributed by atoms with Gasteiger partial charge in [0.2, 0.25) is 0 Å². The summed E-state index contributed by atoms with van der Waals surface area (Å²) in [6, 6.07) is 10.2. The van der Waals surface area contributed by atoms with E-state index >= 15 is 0 Å². The Morgan fingerprint density at radius 1 is 1.24 bits per heavy atom. The molecule has 0 aliphatic rings. The van der Waals surface area contributed by atoms with Gasteiger partial charge in [0.15, 0.2) is 11.0 Å². The van der Waals surface area contributed by atoms with E-state index in [1.54, 1.807) is 11.8 Å². The topological polar surface area (TPSA) is 72.3 Å². The quantitative estimate of drug-likeness (QED) is 0.709. The lowest BCUT2D eigenvalue weighted by molar-refractivity contribution is 0.564. The number of imidazole rings is 1. The van der Waals surface area contributed by atoms with Crippen molar-refractivity contribution in [2.45, 2.75) is 30.8 Å². The first-order valence-corrected chi connectivity index (χ1v) is 7.83. The largest absolute Gasteiger partial charge is 0.333 e. The second-order valence-electron chi connectivity index (χ2n) is 4.57. The number of hydrogen-bond donors (Lipinski definition) is 1. The maximum Gasteiger partial charge on any atom is 0.166 e. The van der Waals surface area contributed by atoms with Gasteiger partial charge in [0.1, 0.15) is 0 Å². The van der Waals surface area contributed by atoms with Gasteiger partial charge < -0.3 is 4.98 Å². The van der Waals surface area contributed by atoms with Crippen molar-refractivity contribution in [1.82, 2.24) is 30.2 Å². The lowest BCUT2D eigenvalue weighted by atomic mass is 10.2. The lowest BCUT2D eigenvalue weighted by Gasteiger charge is -2.01. The summed E-state index contributed by atoms with van der Waals surface area (Å²) < 4.78 is 1.84. The minimum Gasteiger partial charge on any atom is -0.333 e. The lowest BCUT2D eigenvalue weighted by Crippen LogP contribution is -2.04. The van der Waals surface area contributed by atoms with E-state index in [2.05, 4.69) is 44.5 Å². The SMILES string of the molecule is CCCn1nnnc1CSc1ncc(-c2ccccc2)[nH]1. The van der Waals surface area contributed by atoms with Gasteiger partial charge in [-0.15, -0.1) is 5.10 Å². The van der Waals surface area contributed by atoms with Gasteiger partial charge in [-0.05, 0) is 22.4 Å². The Morgan fingerprint density at radius 3 is 2.90 bits per heavy atom. The Bertz CT molecular complexity index is 690. The zero-order chi connectivity index (χ0) is 14.5. The van der Waals surface area contributed by atoms with Crippen molar-refractivity contribution in [3.05, 3.63) is 42.4 Å². The Hall–Kier alpha value is -2.15. The van der Waals surface area contributed by atoms with Gasteiger partial charge in [-0.2, -0.15) is 0 Å². The highest BCUT2D eigenvalue weighted by Crippen LogP contribution is 2.23. The third kappa shape index (κ3) is 3.30. The smallest absolute Gasteiger partial charge is 0.166 e. The number of aromatic nitrogens is 6. The molecule has 6 nitrogen and oxygen atoms in total. The molecule has 2 aromatic heterocycles. The van der Waals surface area contributed by atoms with Crippen LogP contribution in [0.2, 0.25) is 0 Å². The van der Waals surface area contributed by atoms with Crippen molar-refractivity contribution in [2.24, 2.45) is 0 Å². The van der Waals surface area contributed by atoms with Gasteiger partial charge in [-0.3, -0.25) is 0 Å². The van der Waals surface area contributed by atoms with Gasteiger partial charge >= 0.3 is 0 Å². The third-order valence-corrected chi connectivity index (χ3v) is 3.90. The predicted molar refractivity (Wildman–Crippen MR) is 81.7 cm³/mol. The number of hydrogen-bond acceptors (Lipinski definition) is 5. The van der Waals surface area contributed by atoms with E-state index in [1.165, 1.54) is 0 Å². The van der Waals surface area contributed by atoms with E-state index in [0.717, 1.165) is 35.2 Å². The standard InChI is InChI=1S/C14H16N6S/c1-2-8-20-13(17-18-19-20)10-21-14-15-9-12(16-14)11-6-4-3-5-7-11/h3-7,9H,2,8,10H2,1H3,(H,15,16). The molecular weight excluding hydrogens is 284 g/mol. The van der Waals surface area contributed by atoms with E-state index in [-0.39, 0.29) is 0 Å². The van der Waals surface area contributed by atoms with Crippen molar-refractivity contribution in [3.63, 3.8) is 0 Å². The number of rotatable bonds is 6. The second kappa shape index (κ2) is 6.53. The molecule has 108 valence electrons. The molecule has 0 aliphatic heterocycles. The van der Waals surface area contributed by atoms with E-state index in [9.17, 15) is 0 Å². The summed E-state index contributed by atoms with van der Waals surface area (Å²) in [7, 11) is 0. The summed E-state index contributed by atoms with van der Waals surface area (Å²) in [4.78, 5) is 7.71. The molecule has 3 aromatic rings. The number of aromatic amines is 1. The van der Waals surface area contributed by atoms with Crippen molar-refractivity contribution in [3.8, 4) is 11.3 Å². The molecule has 1 N–H and O–H groups in total. The molecule has 2 heterocycles. The summed E-state index contributed by atoms with van der Waals surface area (Å²) in [6.45, 7) is 2.95. The summed E-state index contributed by atoms with van der Waals surface area (Å²) in [5.41, 5.74) is 2.15. The highest BCUT2D eigenvalue weighted by molar-refractivity contribution is 7.98. The summed E-state index contributed by atoms with van der Waals surface area (Å²) in [5.74, 6) is 1.58. The Balaban J connectivity index is 1.66. The molecule has 7 heteroatoms. The number of benzene rings is 1. The van der Waals surface area contributed by atoms with Gasteiger partial charge in [0.05, 0.1) is 17.6 Å². The van der Waals surface area contributed by atoms with Gasteiger partial charge in [-0.1, -0.05) is 49.0 Å².